The van der Waals surface area contributed by atoms with E-state index in [2.05, 4.69) is 62.4 Å². The summed E-state index contributed by atoms with van der Waals surface area (Å²) in [4.78, 5) is 0. The molecule has 0 bridgehead atoms. The summed E-state index contributed by atoms with van der Waals surface area (Å²) in [6.45, 7) is 4.60. The molecule has 140 valence electrons. The van der Waals surface area contributed by atoms with Crippen molar-refractivity contribution in [3.05, 3.63) is 95.0 Å². The van der Waals surface area contributed by atoms with Gasteiger partial charge in [-0.05, 0) is 52.1 Å². The molecule has 1 aliphatic carbocycles. The molecule has 0 amide bonds. The summed E-state index contributed by atoms with van der Waals surface area (Å²) in [5.74, 6) is 0. The summed E-state index contributed by atoms with van der Waals surface area (Å²) >= 11 is 6.54. The summed E-state index contributed by atoms with van der Waals surface area (Å²) in [6, 6.07) is 27.6. The van der Waals surface area contributed by atoms with Gasteiger partial charge in [0.25, 0.3) is 0 Å². The fourth-order valence-electron chi connectivity index (χ4n) is 4.88. The Morgan fingerprint density at radius 2 is 1.45 bits per heavy atom. The molecule has 0 radical (unpaired) electrons. The summed E-state index contributed by atoms with van der Waals surface area (Å²) in [7, 11) is 0. The maximum atomic E-state index is 6.54. The summed E-state index contributed by atoms with van der Waals surface area (Å²) in [6.07, 6.45) is 0. The third-order valence-corrected chi connectivity index (χ3v) is 6.56. The van der Waals surface area contributed by atoms with Gasteiger partial charge in [0.1, 0.15) is 11.2 Å². The third kappa shape index (κ3) is 2.28. The summed E-state index contributed by atoms with van der Waals surface area (Å²) in [5, 5.41) is 2.88. The third-order valence-electron chi connectivity index (χ3n) is 6.34. The van der Waals surface area contributed by atoms with Crippen molar-refractivity contribution in [2.24, 2.45) is 0 Å². The molecule has 0 N–H and O–H groups in total. The van der Waals surface area contributed by atoms with E-state index in [1.54, 1.807) is 0 Å². The Hall–Kier alpha value is -3.03. The highest BCUT2D eigenvalue weighted by atomic mass is 35.5. The zero-order valence-electron chi connectivity index (χ0n) is 16.3. The Balaban J connectivity index is 1.63. The number of furan rings is 1. The second-order valence-corrected chi connectivity index (χ2v) is 8.80. The minimum absolute atomic E-state index is 0.0342. The van der Waals surface area contributed by atoms with Crippen LogP contribution in [0.1, 0.15) is 25.0 Å². The van der Waals surface area contributed by atoms with Crippen LogP contribution in [0, 0.1) is 0 Å². The van der Waals surface area contributed by atoms with Gasteiger partial charge in [0.15, 0.2) is 0 Å². The Morgan fingerprint density at radius 3 is 2.34 bits per heavy atom. The minimum atomic E-state index is -0.0342. The molecule has 0 fully saturated rings. The lowest BCUT2D eigenvalue weighted by molar-refractivity contribution is 0.660. The van der Waals surface area contributed by atoms with E-state index in [1.165, 1.54) is 22.3 Å². The van der Waals surface area contributed by atoms with Gasteiger partial charge in [0.2, 0.25) is 0 Å². The van der Waals surface area contributed by atoms with Crippen molar-refractivity contribution in [3.63, 3.8) is 0 Å². The van der Waals surface area contributed by atoms with Crippen LogP contribution in [0.4, 0.5) is 0 Å². The Bertz CT molecular complexity index is 1440. The number of halogens is 1. The van der Waals surface area contributed by atoms with Gasteiger partial charge in [-0.25, -0.2) is 0 Å². The molecular formula is C27H19ClO. The second kappa shape index (κ2) is 5.75. The van der Waals surface area contributed by atoms with Gasteiger partial charge in [0, 0.05) is 26.8 Å². The van der Waals surface area contributed by atoms with Crippen molar-refractivity contribution in [1.29, 1.82) is 0 Å². The van der Waals surface area contributed by atoms with Crippen LogP contribution in [0.15, 0.2) is 83.3 Å². The molecule has 0 atom stereocenters. The van der Waals surface area contributed by atoms with E-state index in [1.807, 2.05) is 30.3 Å². The molecule has 0 unspecified atom stereocenters. The molecule has 29 heavy (non-hydrogen) atoms. The van der Waals surface area contributed by atoms with Crippen LogP contribution >= 0.6 is 11.6 Å². The van der Waals surface area contributed by atoms with Crippen molar-refractivity contribution in [1.82, 2.24) is 0 Å². The number of para-hydroxylation sites is 1. The molecule has 0 spiro atoms. The van der Waals surface area contributed by atoms with E-state index in [9.17, 15) is 0 Å². The molecule has 1 aliphatic rings. The summed E-state index contributed by atoms with van der Waals surface area (Å²) in [5.41, 5.74) is 9.30. The van der Waals surface area contributed by atoms with Crippen LogP contribution in [-0.4, -0.2) is 0 Å². The van der Waals surface area contributed by atoms with E-state index in [-0.39, 0.29) is 5.41 Å². The predicted octanol–water partition coefficient (Wildman–Crippen LogP) is 8.21. The summed E-state index contributed by atoms with van der Waals surface area (Å²) < 4.78 is 6.27. The number of hydrogen-bond donors (Lipinski definition) is 0. The lowest BCUT2D eigenvalue weighted by Crippen LogP contribution is -2.14. The first-order valence-corrected chi connectivity index (χ1v) is 10.3. The quantitative estimate of drug-likeness (QED) is 0.279. The van der Waals surface area contributed by atoms with Crippen LogP contribution in [0.3, 0.4) is 0 Å². The standard InChI is InChI=1S/C27H19ClO/c1-27(2)23-9-5-3-7-18(23)19-12-11-16(13-24(19)27)21-14-17(28)15-22-20-8-4-6-10-25(20)29-26(21)22/h3-15H,1-2H3. The zero-order valence-corrected chi connectivity index (χ0v) is 17.0. The maximum Gasteiger partial charge on any atom is 0.143 e. The minimum Gasteiger partial charge on any atom is -0.455 e. The average molecular weight is 395 g/mol. The topological polar surface area (TPSA) is 13.1 Å². The zero-order chi connectivity index (χ0) is 19.8. The highest BCUT2D eigenvalue weighted by Crippen LogP contribution is 2.50. The van der Waals surface area contributed by atoms with E-state index in [0.29, 0.717) is 0 Å². The predicted molar refractivity (Wildman–Crippen MR) is 122 cm³/mol. The molecule has 4 aromatic carbocycles. The van der Waals surface area contributed by atoms with Gasteiger partial charge in [-0.2, -0.15) is 0 Å². The first-order chi connectivity index (χ1) is 14.0. The largest absolute Gasteiger partial charge is 0.455 e. The van der Waals surface area contributed by atoms with Crippen LogP contribution in [-0.2, 0) is 5.41 Å². The molecule has 2 heteroatoms. The van der Waals surface area contributed by atoms with Crippen molar-refractivity contribution in [3.8, 4) is 22.3 Å². The molecule has 0 saturated carbocycles. The van der Waals surface area contributed by atoms with Crippen LogP contribution in [0.2, 0.25) is 5.02 Å². The molecule has 1 heterocycles. The number of hydrogen-bond acceptors (Lipinski definition) is 1. The van der Waals surface area contributed by atoms with Gasteiger partial charge < -0.3 is 4.42 Å². The van der Waals surface area contributed by atoms with Crippen LogP contribution < -0.4 is 0 Å². The molecule has 0 aliphatic heterocycles. The number of rotatable bonds is 1. The maximum absolute atomic E-state index is 6.54. The Kier molecular flexibility index (Phi) is 3.34. The molecule has 1 nitrogen and oxygen atoms in total. The van der Waals surface area contributed by atoms with E-state index in [4.69, 9.17) is 16.0 Å². The highest BCUT2D eigenvalue weighted by molar-refractivity contribution is 6.32. The first-order valence-electron chi connectivity index (χ1n) is 9.89. The lowest BCUT2D eigenvalue weighted by atomic mass is 9.81. The van der Waals surface area contributed by atoms with Gasteiger partial charge in [-0.3, -0.25) is 0 Å². The second-order valence-electron chi connectivity index (χ2n) is 8.36. The smallest absolute Gasteiger partial charge is 0.143 e. The van der Waals surface area contributed by atoms with Crippen LogP contribution in [0.25, 0.3) is 44.2 Å². The normalized spacial score (nSPS) is 14.3. The average Bonchev–Trinajstić information content (AvgIpc) is 3.21. The van der Waals surface area contributed by atoms with E-state index >= 15 is 0 Å². The fourth-order valence-corrected chi connectivity index (χ4v) is 5.10. The fraction of sp³-hybridized carbons (Fsp3) is 0.111. The van der Waals surface area contributed by atoms with Crippen molar-refractivity contribution < 1.29 is 4.42 Å². The van der Waals surface area contributed by atoms with E-state index in [0.717, 1.165) is 38.1 Å². The van der Waals surface area contributed by atoms with Crippen LogP contribution in [0.5, 0.6) is 0 Å². The van der Waals surface area contributed by atoms with E-state index < -0.39 is 0 Å². The van der Waals surface area contributed by atoms with Crippen molar-refractivity contribution in [2.45, 2.75) is 19.3 Å². The Labute approximate surface area is 174 Å². The lowest BCUT2D eigenvalue weighted by Gasteiger charge is -2.22. The van der Waals surface area contributed by atoms with Gasteiger partial charge in [-0.1, -0.05) is 80.0 Å². The van der Waals surface area contributed by atoms with Crippen molar-refractivity contribution in [2.75, 3.05) is 0 Å². The van der Waals surface area contributed by atoms with Gasteiger partial charge in [0.05, 0.1) is 0 Å². The molecule has 6 rings (SSSR count). The van der Waals surface area contributed by atoms with Gasteiger partial charge in [-0.15, -0.1) is 0 Å². The molecule has 0 saturated heterocycles. The molecule has 1 aromatic heterocycles. The molecular weight excluding hydrogens is 376 g/mol. The monoisotopic (exact) mass is 394 g/mol. The van der Waals surface area contributed by atoms with Crippen molar-refractivity contribution >= 4 is 33.5 Å². The highest BCUT2D eigenvalue weighted by Gasteiger charge is 2.35. The Morgan fingerprint density at radius 1 is 0.690 bits per heavy atom. The van der Waals surface area contributed by atoms with Gasteiger partial charge >= 0.3 is 0 Å². The number of benzene rings is 4. The molecule has 5 aromatic rings. The number of fused-ring (bicyclic) bond motifs is 6. The first kappa shape index (κ1) is 16.9. The SMILES string of the molecule is CC1(C)c2ccccc2-c2ccc(-c3cc(Cl)cc4c3oc3ccccc34)cc21.